The molecule has 0 saturated carbocycles. The van der Waals surface area contributed by atoms with Crippen LogP contribution in [-0.4, -0.2) is 39.0 Å². The van der Waals surface area contributed by atoms with Crippen LogP contribution in [0.25, 0.3) is 21.8 Å². The van der Waals surface area contributed by atoms with Crippen molar-refractivity contribution in [3.05, 3.63) is 65.7 Å². The lowest BCUT2D eigenvalue weighted by atomic mass is 10.0. The Morgan fingerprint density at radius 1 is 0.909 bits per heavy atom. The molecule has 0 atom stereocenters. The summed E-state index contributed by atoms with van der Waals surface area (Å²) in [5, 5.41) is 7.99. The third-order valence-electron chi connectivity index (χ3n) is 5.48. The molecule has 170 valence electrons. The van der Waals surface area contributed by atoms with E-state index in [4.69, 9.17) is 19.2 Å². The second-order valence-corrected chi connectivity index (χ2v) is 7.69. The molecule has 33 heavy (non-hydrogen) atoms. The van der Waals surface area contributed by atoms with Gasteiger partial charge < -0.3 is 24.8 Å². The number of anilines is 2. The highest BCUT2D eigenvalue weighted by Gasteiger charge is 2.14. The fourth-order valence-electron chi connectivity index (χ4n) is 3.75. The normalized spacial score (nSPS) is 10.8. The molecule has 0 spiro atoms. The van der Waals surface area contributed by atoms with Gasteiger partial charge in [-0.2, -0.15) is 0 Å². The molecule has 1 amide bonds. The molecule has 2 N–H and O–H groups in total. The van der Waals surface area contributed by atoms with E-state index in [-0.39, 0.29) is 0 Å². The van der Waals surface area contributed by atoms with Crippen LogP contribution in [0.4, 0.5) is 16.2 Å². The Balaban J connectivity index is 1.72. The molecule has 1 aromatic heterocycles. The number of aromatic nitrogens is 1. The lowest BCUT2D eigenvalue weighted by Gasteiger charge is -2.16. The zero-order chi connectivity index (χ0) is 23.4. The van der Waals surface area contributed by atoms with E-state index in [1.54, 1.807) is 21.3 Å². The van der Waals surface area contributed by atoms with Crippen LogP contribution in [-0.2, 0) is 11.2 Å². The zero-order valence-corrected chi connectivity index (χ0v) is 19.2. The number of amides is 1. The molecule has 0 bridgehead atoms. The molecular formula is C26H27N3O4. The van der Waals surface area contributed by atoms with Gasteiger partial charge in [0.1, 0.15) is 0 Å². The van der Waals surface area contributed by atoms with E-state index in [0.29, 0.717) is 24.5 Å². The molecule has 3 aromatic carbocycles. The van der Waals surface area contributed by atoms with Gasteiger partial charge in [0.25, 0.3) is 0 Å². The number of carbonyl (C=O) groups is 1. The fourth-order valence-corrected chi connectivity index (χ4v) is 3.75. The molecule has 4 aromatic rings. The van der Waals surface area contributed by atoms with Crippen molar-refractivity contribution in [2.24, 2.45) is 0 Å². The summed E-state index contributed by atoms with van der Waals surface area (Å²) in [6, 6.07) is 18.2. The first-order valence-corrected chi connectivity index (χ1v) is 10.7. The van der Waals surface area contributed by atoms with Crippen molar-refractivity contribution in [1.29, 1.82) is 0 Å². The maximum atomic E-state index is 11.2. The third kappa shape index (κ3) is 4.77. The SMILES string of the molecule is CNC(=O)OCCc1ccc(Nc2c3cc(C)ccc3nc3cc(OC)c(OC)cc23)cc1. The summed E-state index contributed by atoms with van der Waals surface area (Å²) < 4.78 is 16.1. The number of carbonyl (C=O) groups excluding carboxylic acids is 1. The Labute approximate surface area is 192 Å². The molecule has 7 nitrogen and oxygen atoms in total. The first kappa shape index (κ1) is 22.2. The molecular weight excluding hydrogens is 418 g/mol. The van der Waals surface area contributed by atoms with Crippen molar-refractivity contribution in [2.75, 3.05) is 33.2 Å². The van der Waals surface area contributed by atoms with Crippen LogP contribution in [0.2, 0.25) is 0 Å². The summed E-state index contributed by atoms with van der Waals surface area (Å²) in [7, 11) is 4.79. The van der Waals surface area contributed by atoms with Crippen LogP contribution < -0.4 is 20.1 Å². The van der Waals surface area contributed by atoms with Crippen LogP contribution in [0.3, 0.4) is 0 Å². The largest absolute Gasteiger partial charge is 0.493 e. The number of nitrogens with zero attached hydrogens (tertiary/aromatic N) is 1. The lowest BCUT2D eigenvalue weighted by Crippen LogP contribution is -2.20. The van der Waals surface area contributed by atoms with Crippen LogP contribution in [0.15, 0.2) is 54.6 Å². The highest BCUT2D eigenvalue weighted by atomic mass is 16.5. The Hall–Kier alpha value is -4.00. The number of aryl methyl sites for hydroxylation is 1. The molecule has 1 heterocycles. The number of methoxy groups -OCH3 is 2. The maximum absolute atomic E-state index is 11.2. The molecule has 7 heteroatoms. The molecule has 0 unspecified atom stereocenters. The molecule has 0 saturated heterocycles. The highest BCUT2D eigenvalue weighted by molar-refractivity contribution is 6.09. The van der Waals surface area contributed by atoms with Gasteiger partial charge in [-0.3, -0.25) is 0 Å². The minimum Gasteiger partial charge on any atom is -0.493 e. The highest BCUT2D eigenvalue weighted by Crippen LogP contribution is 2.39. The minimum atomic E-state index is -0.424. The first-order chi connectivity index (χ1) is 16.0. The molecule has 4 rings (SSSR count). The van der Waals surface area contributed by atoms with Crippen LogP contribution in [0.5, 0.6) is 11.5 Å². The summed E-state index contributed by atoms with van der Waals surface area (Å²) in [6.45, 7) is 2.39. The van der Waals surface area contributed by atoms with Crippen molar-refractivity contribution >= 4 is 39.3 Å². The van der Waals surface area contributed by atoms with E-state index in [9.17, 15) is 4.79 Å². The number of fused-ring (bicyclic) bond motifs is 2. The third-order valence-corrected chi connectivity index (χ3v) is 5.48. The van der Waals surface area contributed by atoms with Crippen LogP contribution in [0, 0.1) is 6.92 Å². The van der Waals surface area contributed by atoms with Gasteiger partial charge in [0, 0.05) is 36.0 Å². The number of hydrogen-bond donors (Lipinski definition) is 2. The lowest BCUT2D eigenvalue weighted by molar-refractivity contribution is 0.150. The number of ether oxygens (including phenoxy) is 3. The van der Waals surface area contributed by atoms with E-state index in [1.807, 2.05) is 42.5 Å². The Morgan fingerprint density at radius 3 is 2.30 bits per heavy atom. The second-order valence-electron chi connectivity index (χ2n) is 7.69. The van der Waals surface area contributed by atoms with Crippen molar-refractivity contribution in [3.8, 4) is 11.5 Å². The number of benzene rings is 3. The first-order valence-electron chi connectivity index (χ1n) is 10.7. The predicted molar refractivity (Wildman–Crippen MR) is 131 cm³/mol. The topological polar surface area (TPSA) is 81.7 Å². The van der Waals surface area contributed by atoms with Crippen molar-refractivity contribution in [2.45, 2.75) is 13.3 Å². The van der Waals surface area contributed by atoms with E-state index in [1.165, 1.54) is 0 Å². The minimum absolute atomic E-state index is 0.326. The average molecular weight is 446 g/mol. The summed E-state index contributed by atoms with van der Waals surface area (Å²) in [5.41, 5.74) is 5.83. The average Bonchev–Trinajstić information content (AvgIpc) is 2.84. The van der Waals surface area contributed by atoms with E-state index < -0.39 is 6.09 Å². The Morgan fingerprint density at radius 2 is 1.61 bits per heavy atom. The fraction of sp³-hybridized carbons (Fsp3) is 0.231. The number of nitrogens with one attached hydrogen (secondary N) is 2. The van der Waals surface area contributed by atoms with E-state index in [2.05, 4.69) is 29.7 Å². The second kappa shape index (κ2) is 9.65. The number of rotatable bonds is 7. The van der Waals surface area contributed by atoms with Crippen molar-refractivity contribution < 1.29 is 19.0 Å². The summed E-state index contributed by atoms with van der Waals surface area (Å²) >= 11 is 0. The molecule has 0 radical (unpaired) electrons. The van der Waals surface area contributed by atoms with Crippen LogP contribution in [0.1, 0.15) is 11.1 Å². The van der Waals surface area contributed by atoms with Gasteiger partial charge in [-0.05, 0) is 42.8 Å². The number of pyridine rings is 1. The van der Waals surface area contributed by atoms with Gasteiger partial charge in [-0.1, -0.05) is 23.8 Å². The maximum Gasteiger partial charge on any atom is 0.406 e. The molecule has 0 aliphatic heterocycles. The number of alkyl carbamates (subject to hydrolysis) is 1. The Bertz CT molecular complexity index is 1300. The molecule has 0 aliphatic carbocycles. The zero-order valence-electron chi connectivity index (χ0n) is 19.2. The molecule has 0 aliphatic rings. The quantitative estimate of drug-likeness (QED) is 0.373. The van der Waals surface area contributed by atoms with Gasteiger partial charge in [0.05, 0.1) is 37.5 Å². The van der Waals surface area contributed by atoms with Gasteiger partial charge in [-0.15, -0.1) is 0 Å². The predicted octanol–water partition coefficient (Wildman–Crippen LogP) is 5.36. The summed E-state index contributed by atoms with van der Waals surface area (Å²) in [6.07, 6.45) is 0.220. The van der Waals surface area contributed by atoms with Gasteiger partial charge in [0.2, 0.25) is 0 Å². The van der Waals surface area contributed by atoms with Gasteiger partial charge in [-0.25, -0.2) is 9.78 Å². The van der Waals surface area contributed by atoms with Crippen molar-refractivity contribution in [3.63, 3.8) is 0 Å². The van der Waals surface area contributed by atoms with Crippen molar-refractivity contribution in [1.82, 2.24) is 10.3 Å². The van der Waals surface area contributed by atoms with Gasteiger partial charge in [0.15, 0.2) is 11.5 Å². The summed E-state index contributed by atoms with van der Waals surface area (Å²) in [5.74, 6) is 1.28. The molecule has 0 fully saturated rings. The van der Waals surface area contributed by atoms with Crippen LogP contribution >= 0.6 is 0 Å². The summed E-state index contributed by atoms with van der Waals surface area (Å²) in [4.78, 5) is 16.1. The van der Waals surface area contributed by atoms with E-state index >= 15 is 0 Å². The monoisotopic (exact) mass is 445 g/mol. The standard InChI is InChI=1S/C26H27N3O4/c1-16-5-10-21-19(13-16)25(20-14-23(31-3)24(32-4)15-22(20)29-21)28-18-8-6-17(7-9-18)11-12-33-26(30)27-2/h5-10,13-15H,11-12H2,1-4H3,(H,27,30)(H,28,29). The Kier molecular flexibility index (Phi) is 6.49. The van der Waals surface area contributed by atoms with E-state index in [0.717, 1.165) is 44.3 Å². The smallest absolute Gasteiger partial charge is 0.406 e. The number of hydrogen-bond acceptors (Lipinski definition) is 6. The van der Waals surface area contributed by atoms with Gasteiger partial charge >= 0.3 is 6.09 Å².